The first-order valence-corrected chi connectivity index (χ1v) is 17.8. The summed E-state index contributed by atoms with van der Waals surface area (Å²) in [7, 11) is -0.883. The second-order valence-electron chi connectivity index (χ2n) is 12.5. The van der Waals surface area contributed by atoms with E-state index < -0.39 is 8.32 Å². The van der Waals surface area contributed by atoms with Gasteiger partial charge in [0.15, 0.2) is 0 Å². The largest absolute Gasteiger partial charge is 0.497 e. The molecule has 0 heterocycles. The maximum atomic E-state index is 7.21. The van der Waals surface area contributed by atoms with Crippen LogP contribution < -0.4 is 24.9 Å². The van der Waals surface area contributed by atoms with Crippen molar-refractivity contribution >= 4 is 41.4 Å². The second kappa shape index (κ2) is 14.2. The number of likely N-dealkylation sites (N-methyl/N-ethyl adjacent to an activating group) is 1. The highest BCUT2D eigenvalue weighted by Crippen LogP contribution is 2.38. The van der Waals surface area contributed by atoms with E-state index in [4.69, 9.17) is 9.16 Å². The molecule has 5 aromatic carbocycles. The Balaban J connectivity index is 1.40. The van der Waals surface area contributed by atoms with Gasteiger partial charge in [-0.3, -0.25) is 0 Å². The Bertz CT molecular complexity index is 1580. The lowest BCUT2D eigenvalue weighted by atomic mass is 10.1. The molecule has 0 aliphatic rings. The highest BCUT2D eigenvalue weighted by Gasteiger charge is 2.50. The predicted octanol–water partition coefficient (Wildman–Crippen LogP) is 8.88. The van der Waals surface area contributed by atoms with Gasteiger partial charge in [-0.05, 0) is 89.9 Å². The van der Waals surface area contributed by atoms with Crippen LogP contribution in [-0.4, -0.2) is 35.1 Å². The summed E-state index contributed by atoms with van der Waals surface area (Å²) in [6, 6.07) is 47.5. The first kappa shape index (κ1) is 32.1. The Morgan fingerprint density at radius 1 is 0.600 bits per heavy atom. The highest BCUT2D eigenvalue weighted by molar-refractivity contribution is 6.99. The lowest BCUT2D eigenvalue weighted by molar-refractivity contribution is 0.304. The normalized spacial score (nSPS) is 11.7. The van der Waals surface area contributed by atoms with Crippen LogP contribution in [0.1, 0.15) is 33.3 Å². The average Bonchev–Trinajstić information content (AvgIpc) is 3.07. The lowest BCUT2D eigenvalue weighted by Gasteiger charge is -2.43. The molecule has 0 radical (unpaired) electrons. The minimum absolute atomic E-state index is 0.0463. The first-order valence-electron chi connectivity index (χ1n) is 15.9. The van der Waals surface area contributed by atoms with E-state index in [1.165, 1.54) is 21.6 Å². The van der Waals surface area contributed by atoms with Crippen molar-refractivity contribution in [3.05, 3.63) is 139 Å². The van der Waals surface area contributed by atoms with Crippen LogP contribution in [0.4, 0.5) is 22.7 Å². The molecule has 0 unspecified atom stereocenters. The fourth-order valence-corrected chi connectivity index (χ4v) is 10.8. The van der Waals surface area contributed by atoms with Gasteiger partial charge in [0.2, 0.25) is 0 Å². The van der Waals surface area contributed by atoms with Gasteiger partial charge in [-0.15, -0.1) is 0 Å². The molecular weight excluding hydrogens is 569 g/mol. The molecule has 5 heteroatoms. The van der Waals surface area contributed by atoms with Crippen LogP contribution in [0.2, 0.25) is 5.04 Å². The first-order chi connectivity index (χ1) is 21.8. The molecule has 0 aromatic heterocycles. The summed E-state index contributed by atoms with van der Waals surface area (Å²) < 4.78 is 12.6. The molecule has 0 saturated heterocycles. The number of nitrogens with zero attached hydrogens (tertiary/aromatic N) is 2. The summed E-state index contributed by atoms with van der Waals surface area (Å²) in [6.07, 6.45) is 0. The smallest absolute Gasteiger partial charge is 0.261 e. The minimum Gasteiger partial charge on any atom is -0.497 e. The molecule has 0 amide bonds. The van der Waals surface area contributed by atoms with E-state index in [-0.39, 0.29) is 5.04 Å². The second-order valence-corrected chi connectivity index (χ2v) is 16.8. The summed E-state index contributed by atoms with van der Waals surface area (Å²) in [6.45, 7) is 13.7. The van der Waals surface area contributed by atoms with Gasteiger partial charge >= 0.3 is 0 Å². The molecular formula is C40H46N2O2Si. The highest BCUT2D eigenvalue weighted by atomic mass is 28.4. The number of ether oxygens (including phenoxy) is 1. The van der Waals surface area contributed by atoms with Crippen molar-refractivity contribution in [1.82, 2.24) is 0 Å². The molecule has 5 aromatic rings. The standard InChI is InChI=1S/C40H46N2O2Si/c1-7-41(30-31-44-45(40(3,4)5,38-14-10-8-11-15-38)39-16-12-9-13-17-39)33-22-24-35(25-23-33)42(34-20-18-32(2)19-21-34)36-26-28-37(43-6)29-27-36/h8-29H,7,30-31H2,1-6H3. The predicted molar refractivity (Wildman–Crippen MR) is 194 cm³/mol. The number of hydrogen-bond donors (Lipinski definition) is 0. The zero-order valence-corrected chi connectivity index (χ0v) is 28.5. The van der Waals surface area contributed by atoms with Crippen molar-refractivity contribution in [3.8, 4) is 5.75 Å². The van der Waals surface area contributed by atoms with Crippen molar-refractivity contribution in [1.29, 1.82) is 0 Å². The SMILES string of the molecule is CCN(CCO[Si](c1ccccc1)(c1ccccc1)C(C)(C)C)c1ccc(N(c2ccc(C)cc2)c2ccc(OC)cc2)cc1. The Kier molecular flexibility index (Phi) is 10.1. The third-order valence-electron chi connectivity index (χ3n) is 8.57. The maximum Gasteiger partial charge on any atom is 0.261 e. The minimum atomic E-state index is -2.58. The van der Waals surface area contributed by atoms with Gasteiger partial charge < -0.3 is 19.0 Å². The summed E-state index contributed by atoms with van der Waals surface area (Å²) in [4.78, 5) is 4.69. The quantitative estimate of drug-likeness (QED) is 0.131. The Morgan fingerprint density at radius 2 is 1.04 bits per heavy atom. The number of hydrogen-bond acceptors (Lipinski definition) is 4. The summed E-state index contributed by atoms with van der Waals surface area (Å²) in [5.74, 6) is 0.844. The molecule has 45 heavy (non-hydrogen) atoms. The molecule has 0 bridgehead atoms. The molecule has 0 atom stereocenters. The zero-order valence-electron chi connectivity index (χ0n) is 27.5. The lowest BCUT2D eigenvalue weighted by Crippen LogP contribution is -2.67. The molecule has 0 saturated carbocycles. The van der Waals surface area contributed by atoms with Crippen LogP contribution in [0.5, 0.6) is 5.75 Å². The van der Waals surface area contributed by atoms with Gasteiger partial charge in [0.1, 0.15) is 5.75 Å². The van der Waals surface area contributed by atoms with Crippen LogP contribution in [0.15, 0.2) is 133 Å². The third-order valence-corrected chi connectivity index (χ3v) is 13.6. The number of rotatable bonds is 12. The molecule has 5 rings (SSSR count). The van der Waals surface area contributed by atoms with E-state index in [1.54, 1.807) is 7.11 Å². The fourth-order valence-electron chi connectivity index (χ4n) is 6.23. The molecule has 0 fully saturated rings. The Labute approximate surface area is 271 Å². The van der Waals surface area contributed by atoms with E-state index in [9.17, 15) is 0 Å². The van der Waals surface area contributed by atoms with Crippen LogP contribution in [-0.2, 0) is 4.43 Å². The summed E-state index contributed by atoms with van der Waals surface area (Å²) in [5.41, 5.74) is 5.73. The van der Waals surface area contributed by atoms with Crippen LogP contribution in [0, 0.1) is 6.92 Å². The van der Waals surface area contributed by atoms with Crippen molar-refractivity contribution in [2.45, 2.75) is 39.7 Å². The van der Waals surface area contributed by atoms with Crippen LogP contribution in [0.25, 0.3) is 0 Å². The number of benzene rings is 5. The molecule has 0 N–H and O–H groups in total. The topological polar surface area (TPSA) is 24.9 Å². The molecule has 0 aliphatic heterocycles. The molecule has 0 spiro atoms. The summed E-state index contributed by atoms with van der Waals surface area (Å²) >= 11 is 0. The third kappa shape index (κ3) is 7.00. The number of anilines is 4. The molecule has 4 nitrogen and oxygen atoms in total. The maximum absolute atomic E-state index is 7.21. The van der Waals surface area contributed by atoms with Gasteiger partial charge in [-0.1, -0.05) is 99.1 Å². The van der Waals surface area contributed by atoms with Gasteiger partial charge in [0.05, 0.1) is 13.7 Å². The van der Waals surface area contributed by atoms with Gasteiger partial charge in [-0.25, -0.2) is 0 Å². The Hall–Kier alpha value is -4.32. The summed E-state index contributed by atoms with van der Waals surface area (Å²) in [5, 5.41) is 2.58. The number of methoxy groups -OCH3 is 1. The van der Waals surface area contributed by atoms with Crippen molar-refractivity contribution < 1.29 is 9.16 Å². The molecule has 0 aliphatic carbocycles. The van der Waals surface area contributed by atoms with Gasteiger partial charge in [0.25, 0.3) is 8.32 Å². The fraction of sp³-hybridized carbons (Fsp3) is 0.250. The van der Waals surface area contributed by atoms with Crippen molar-refractivity contribution in [2.75, 3.05) is 36.6 Å². The van der Waals surface area contributed by atoms with Crippen LogP contribution >= 0.6 is 0 Å². The van der Waals surface area contributed by atoms with E-state index >= 15 is 0 Å². The van der Waals surface area contributed by atoms with E-state index in [1.807, 2.05) is 12.1 Å². The van der Waals surface area contributed by atoms with E-state index in [2.05, 4.69) is 166 Å². The number of aryl methyl sites for hydroxylation is 1. The monoisotopic (exact) mass is 614 g/mol. The Morgan fingerprint density at radius 3 is 1.49 bits per heavy atom. The zero-order chi connectivity index (χ0) is 31.9. The average molecular weight is 615 g/mol. The van der Waals surface area contributed by atoms with Crippen molar-refractivity contribution in [2.24, 2.45) is 0 Å². The van der Waals surface area contributed by atoms with Crippen LogP contribution in [0.3, 0.4) is 0 Å². The van der Waals surface area contributed by atoms with Gasteiger partial charge in [-0.2, -0.15) is 0 Å². The van der Waals surface area contributed by atoms with Crippen molar-refractivity contribution in [3.63, 3.8) is 0 Å². The van der Waals surface area contributed by atoms with E-state index in [0.29, 0.717) is 6.61 Å². The van der Waals surface area contributed by atoms with Gasteiger partial charge in [0, 0.05) is 35.8 Å². The van der Waals surface area contributed by atoms with E-state index in [0.717, 1.165) is 35.9 Å². The molecule has 232 valence electrons.